The van der Waals surface area contributed by atoms with E-state index in [0.717, 1.165) is 0 Å². The summed E-state index contributed by atoms with van der Waals surface area (Å²) in [5.74, 6) is -0.534. The van der Waals surface area contributed by atoms with Crippen LogP contribution in [0.3, 0.4) is 0 Å². The lowest BCUT2D eigenvalue weighted by atomic mass is 10.0. The molecule has 0 aliphatic rings. The van der Waals surface area contributed by atoms with Gasteiger partial charge >= 0.3 is 5.97 Å². The first-order chi connectivity index (χ1) is 9.78. The monoisotopic (exact) mass is 314 g/mol. The van der Waals surface area contributed by atoms with E-state index in [1.807, 2.05) is 13.8 Å². The normalized spacial score (nSPS) is 14.7. The second-order valence-electron chi connectivity index (χ2n) is 5.37. The predicted octanol–water partition coefficient (Wildman–Crippen LogP) is 1.80. The molecule has 1 aromatic rings. The second kappa shape index (κ2) is 7.56. The number of hydrogen-bond acceptors (Lipinski definition) is 5. The van der Waals surface area contributed by atoms with Gasteiger partial charge in [-0.25, -0.2) is 8.42 Å². The van der Waals surface area contributed by atoms with Crippen molar-refractivity contribution in [2.75, 3.05) is 7.11 Å². The van der Waals surface area contributed by atoms with Crippen LogP contribution in [0.4, 0.5) is 0 Å². The Hall–Kier alpha value is -1.40. The fourth-order valence-electron chi connectivity index (χ4n) is 2.12. The summed E-state index contributed by atoms with van der Waals surface area (Å²) in [5, 5.41) is 9.03. The molecule has 0 fully saturated rings. The largest absolute Gasteiger partial charge is 0.469 e. The van der Waals surface area contributed by atoms with Gasteiger partial charge in [-0.15, -0.1) is 0 Å². The smallest absolute Gasteiger partial charge is 0.306 e. The van der Waals surface area contributed by atoms with E-state index in [4.69, 9.17) is 0 Å². The standard InChI is InChI=1S/C15H22O5S/c1-11(2)9-13(16)14(10-15(17)20-3)21(18,19)12-7-5-4-6-8-12/h4-8,11,13-14,16H,9-10H2,1-3H3. The number of sulfone groups is 1. The van der Waals surface area contributed by atoms with Crippen LogP contribution < -0.4 is 0 Å². The molecule has 0 bridgehead atoms. The number of hydrogen-bond donors (Lipinski definition) is 1. The Bertz CT molecular complexity index is 551. The third kappa shape index (κ3) is 4.82. The van der Waals surface area contributed by atoms with Crippen molar-refractivity contribution < 1.29 is 23.1 Å². The minimum Gasteiger partial charge on any atom is -0.469 e. The maximum Gasteiger partial charge on any atom is 0.306 e. The van der Waals surface area contributed by atoms with E-state index in [1.165, 1.54) is 19.2 Å². The summed E-state index contributed by atoms with van der Waals surface area (Å²) in [6, 6.07) is 7.84. The van der Waals surface area contributed by atoms with Gasteiger partial charge in [0, 0.05) is 0 Å². The molecule has 118 valence electrons. The minimum atomic E-state index is -3.80. The number of aliphatic hydroxyl groups is 1. The van der Waals surface area contributed by atoms with Gasteiger partial charge in [0.05, 0.1) is 24.5 Å². The highest BCUT2D eigenvalue weighted by Gasteiger charge is 2.36. The number of aliphatic hydroxyl groups excluding tert-OH is 1. The van der Waals surface area contributed by atoms with Crippen LogP contribution in [-0.2, 0) is 19.4 Å². The Labute approximate surface area is 125 Å². The quantitative estimate of drug-likeness (QED) is 0.776. The summed E-state index contributed by atoms with van der Waals surface area (Å²) in [6.45, 7) is 3.76. The summed E-state index contributed by atoms with van der Waals surface area (Å²) < 4.78 is 29.8. The first-order valence-corrected chi connectivity index (χ1v) is 8.37. The molecule has 1 rings (SSSR count). The lowest BCUT2D eigenvalue weighted by molar-refractivity contribution is -0.141. The second-order valence-corrected chi connectivity index (χ2v) is 7.54. The third-order valence-electron chi connectivity index (χ3n) is 3.21. The van der Waals surface area contributed by atoms with Crippen molar-refractivity contribution in [2.45, 2.75) is 42.9 Å². The van der Waals surface area contributed by atoms with Crippen molar-refractivity contribution in [1.82, 2.24) is 0 Å². The lowest BCUT2D eigenvalue weighted by Gasteiger charge is -2.23. The summed E-state index contributed by atoms with van der Waals surface area (Å²) in [7, 11) is -2.60. The first-order valence-electron chi connectivity index (χ1n) is 6.82. The number of carbonyl (C=O) groups is 1. The van der Waals surface area contributed by atoms with E-state index in [2.05, 4.69) is 4.74 Å². The molecule has 2 unspecified atom stereocenters. The minimum absolute atomic E-state index is 0.0988. The fraction of sp³-hybridized carbons (Fsp3) is 0.533. The van der Waals surface area contributed by atoms with Crippen molar-refractivity contribution in [1.29, 1.82) is 0 Å². The number of carbonyl (C=O) groups excluding carboxylic acids is 1. The Kier molecular flexibility index (Phi) is 6.36. The maximum atomic E-state index is 12.6. The summed E-state index contributed by atoms with van der Waals surface area (Å²) in [6.07, 6.45) is -1.18. The van der Waals surface area contributed by atoms with Crippen LogP contribution in [0.5, 0.6) is 0 Å². The maximum absolute atomic E-state index is 12.6. The summed E-state index contributed by atoms with van der Waals surface area (Å²) in [5.41, 5.74) is 0. The van der Waals surface area contributed by atoms with Crippen LogP contribution in [0.2, 0.25) is 0 Å². The van der Waals surface area contributed by atoms with Crippen LogP contribution in [0.1, 0.15) is 26.7 Å². The summed E-state index contributed by atoms with van der Waals surface area (Å²) >= 11 is 0. The molecule has 5 nitrogen and oxygen atoms in total. The SMILES string of the molecule is COC(=O)CC(C(O)CC(C)C)S(=O)(=O)c1ccccc1. The van der Waals surface area contributed by atoms with Crippen molar-refractivity contribution in [3.63, 3.8) is 0 Å². The highest BCUT2D eigenvalue weighted by molar-refractivity contribution is 7.92. The zero-order chi connectivity index (χ0) is 16.0. The molecule has 1 aromatic carbocycles. The van der Waals surface area contributed by atoms with Crippen LogP contribution in [0.25, 0.3) is 0 Å². The molecular weight excluding hydrogens is 292 g/mol. The van der Waals surface area contributed by atoms with Crippen molar-refractivity contribution in [2.24, 2.45) is 5.92 Å². The Morgan fingerprint density at radius 3 is 2.29 bits per heavy atom. The fourth-order valence-corrected chi connectivity index (χ4v) is 3.89. The molecule has 0 aromatic heterocycles. The van der Waals surface area contributed by atoms with E-state index in [0.29, 0.717) is 6.42 Å². The average Bonchev–Trinajstić information content (AvgIpc) is 2.44. The molecule has 21 heavy (non-hydrogen) atoms. The van der Waals surface area contributed by atoms with Gasteiger partial charge in [0.25, 0.3) is 0 Å². The summed E-state index contributed by atoms with van der Waals surface area (Å²) in [4.78, 5) is 11.6. The van der Waals surface area contributed by atoms with Gasteiger partial charge in [-0.3, -0.25) is 4.79 Å². The zero-order valence-corrected chi connectivity index (χ0v) is 13.3. The highest BCUT2D eigenvalue weighted by Crippen LogP contribution is 2.24. The molecule has 0 spiro atoms. The van der Waals surface area contributed by atoms with Crippen LogP contribution in [0, 0.1) is 5.92 Å². The van der Waals surface area contributed by atoms with E-state index >= 15 is 0 Å². The number of methoxy groups -OCH3 is 1. The molecular formula is C15H22O5S. The van der Waals surface area contributed by atoms with Gasteiger partial charge in [-0.05, 0) is 24.5 Å². The van der Waals surface area contributed by atoms with Gasteiger partial charge in [0.1, 0.15) is 5.25 Å². The van der Waals surface area contributed by atoms with Crippen LogP contribution in [0.15, 0.2) is 35.2 Å². The van der Waals surface area contributed by atoms with Gasteiger partial charge < -0.3 is 9.84 Å². The molecule has 0 radical (unpaired) electrons. The molecule has 0 aliphatic carbocycles. The molecule has 0 amide bonds. The predicted molar refractivity (Wildman–Crippen MR) is 79.5 cm³/mol. The number of rotatable bonds is 7. The van der Waals surface area contributed by atoms with Gasteiger partial charge in [0.2, 0.25) is 0 Å². The van der Waals surface area contributed by atoms with Crippen molar-refractivity contribution in [3.05, 3.63) is 30.3 Å². The Morgan fingerprint density at radius 1 is 1.24 bits per heavy atom. The number of ether oxygens (including phenoxy) is 1. The number of esters is 1. The van der Waals surface area contributed by atoms with Crippen molar-refractivity contribution >= 4 is 15.8 Å². The van der Waals surface area contributed by atoms with E-state index in [1.54, 1.807) is 18.2 Å². The molecule has 0 heterocycles. The van der Waals surface area contributed by atoms with Crippen molar-refractivity contribution in [3.8, 4) is 0 Å². The van der Waals surface area contributed by atoms with E-state index in [9.17, 15) is 18.3 Å². The Balaban J connectivity index is 3.13. The van der Waals surface area contributed by atoms with Gasteiger partial charge in [0.15, 0.2) is 9.84 Å². The molecule has 0 aliphatic heterocycles. The number of benzene rings is 1. The third-order valence-corrected chi connectivity index (χ3v) is 5.42. The molecule has 2 atom stereocenters. The molecule has 1 N–H and O–H groups in total. The van der Waals surface area contributed by atoms with E-state index < -0.39 is 27.2 Å². The Morgan fingerprint density at radius 2 is 1.81 bits per heavy atom. The lowest BCUT2D eigenvalue weighted by Crippen LogP contribution is -2.37. The molecule has 6 heteroatoms. The first kappa shape index (κ1) is 17.7. The van der Waals surface area contributed by atoms with E-state index in [-0.39, 0.29) is 17.2 Å². The van der Waals surface area contributed by atoms with Crippen LogP contribution >= 0.6 is 0 Å². The highest BCUT2D eigenvalue weighted by atomic mass is 32.2. The average molecular weight is 314 g/mol. The molecule has 0 saturated heterocycles. The molecule has 0 saturated carbocycles. The van der Waals surface area contributed by atoms with Crippen LogP contribution in [-0.4, -0.2) is 38.0 Å². The zero-order valence-electron chi connectivity index (χ0n) is 12.5. The van der Waals surface area contributed by atoms with Gasteiger partial charge in [-0.1, -0.05) is 32.0 Å². The topological polar surface area (TPSA) is 80.7 Å². The van der Waals surface area contributed by atoms with Gasteiger partial charge in [-0.2, -0.15) is 0 Å².